The molecule has 0 saturated heterocycles. The number of benzene rings is 4. The van der Waals surface area contributed by atoms with E-state index in [0.717, 1.165) is 6.29 Å². The van der Waals surface area contributed by atoms with E-state index in [1.54, 1.807) is 72.8 Å². The van der Waals surface area contributed by atoms with Crippen molar-refractivity contribution in [2.24, 2.45) is 0 Å². The summed E-state index contributed by atoms with van der Waals surface area (Å²) in [7, 11) is -3.36. The molecule has 4 aromatic carbocycles. The van der Waals surface area contributed by atoms with Crippen LogP contribution in [0.4, 0.5) is 5.69 Å². The van der Waals surface area contributed by atoms with Crippen molar-refractivity contribution in [3.8, 4) is 11.5 Å². The first-order valence-corrected chi connectivity index (χ1v) is 12.7. The van der Waals surface area contributed by atoms with Gasteiger partial charge in [-0.25, -0.2) is 0 Å². The third-order valence-corrected chi connectivity index (χ3v) is 7.60. The van der Waals surface area contributed by atoms with E-state index in [-0.39, 0.29) is 18.9 Å². The molecule has 0 fully saturated rings. The number of hydrogen-bond acceptors (Lipinski definition) is 5. The zero-order valence-electron chi connectivity index (χ0n) is 18.9. The van der Waals surface area contributed by atoms with Crippen molar-refractivity contribution in [3.63, 3.8) is 0 Å². The van der Waals surface area contributed by atoms with E-state index in [4.69, 9.17) is 9.26 Å². The number of aldehydes is 1. The monoisotopic (exact) mass is 485 g/mol. The maximum absolute atomic E-state index is 14.0. The molecule has 0 bridgehead atoms. The van der Waals surface area contributed by atoms with E-state index in [1.807, 2.05) is 36.4 Å². The highest BCUT2D eigenvalue weighted by Gasteiger charge is 2.29. The summed E-state index contributed by atoms with van der Waals surface area (Å²) < 4.78 is 25.6. The summed E-state index contributed by atoms with van der Waals surface area (Å²) in [6.07, 6.45) is 0.917. The maximum atomic E-state index is 14.0. The molecule has 0 aliphatic heterocycles. The molecule has 7 heteroatoms. The number of hydrogen-bond donors (Lipinski definition) is 1. The van der Waals surface area contributed by atoms with Crippen molar-refractivity contribution < 1.29 is 23.4 Å². The number of rotatable bonds is 10. The summed E-state index contributed by atoms with van der Waals surface area (Å²) >= 11 is 0. The third kappa shape index (κ3) is 6.25. The highest BCUT2D eigenvalue weighted by molar-refractivity contribution is 7.74. The molecule has 0 aromatic heterocycles. The SMILES string of the molecule is O=Cc1ccc(OCCC(=O)Nc2ccc(OP(=O)(c3ccccc3)c3ccccc3)cc2)cc1. The fraction of sp³-hybridized carbons (Fsp3) is 0.0714. The molecule has 35 heavy (non-hydrogen) atoms. The third-order valence-electron chi connectivity index (χ3n) is 5.18. The van der Waals surface area contributed by atoms with Gasteiger partial charge in [-0.1, -0.05) is 36.4 Å². The van der Waals surface area contributed by atoms with Crippen LogP contribution in [0.2, 0.25) is 0 Å². The van der Waals surface area contributed by atoms with Crippen LogP contribution in [-0.2, 0) is 9.36 Å². The molecule has 4 rings (SSSR count). The maximum Gasteiger partial charge on any atom is 0.306 e. The zero-order valence-corrected chi connectivity index (χ0v) is 19.8. The van der Waals surface area contributed by atoms with Crippen molar-refractivity contribution in [3.05, 3.63) is 115 Å². The lowest BCUT2D eigenvalue weighted by Crippen LogP contribution is -2.20. The Hall–Kier alpha value is -4.15. The van der Waals surface area contributed by atoms with Crippen molar-refractivity contribution in [2.45, 2.75) is 6.42 Å². The standard InChI is InChI=1S/C28H24NO5P/c30-21-22-11-15-24(16-12-22)33-20-19-28(31)29-23-13-17-25(18-14-23)34-35(32,26-7-3-1-4-8-26)27-9-5-2-6-10-27/h1-18,21H,19-20H2,(H,29,31). The lowest BCUT2D eigenvalue weighted by molar-refractivity contribution is -0.116. The molecule has 176 valence electrons. The number of nitrogens with one attached hydrogen (secondary N) is 1. The van der Waals surface area contributed by atoms with Gasteiger partial charge in [0.2, 0.25) is 5.91 Å². The van der Waals surface area contributed by atoms with Crippen molar-refractivity contribution in [2.75, 3.05) is 11.9 Å². The van der Waals surface area contributed by atoms with Gasteiger partial charge in [0.15, 0.2) is 0 Å². The van der Waals surface area contributed by atoms with Crippen LogP contribution in [0.1, 0.15) is 16.8 Å². The molecule has 0 radical (unpaired) electrons. The fourth-order valence-corrected chi connectivity index (χ4v) is 5.44. The lowest BCUT2D eigenvalue weighted by atomic mass is 10.2. The first kappa shape index (κ1) is 24.0. The molecule has 0 atom stereocenters. The van der Waals surface area contributed by atoms with Gasteiger partial charge in [0.1, 0.15) is 17.8 Å². The van der Waals surface area contributed by atoms with Gasteiger partial charge in [-0.15, -0.1) is 0 Å². The van der Waals surface area contributed by atoms with Crippen molar-refractivity contribution in [1.82, 2.24) is 0 Å². The molecule has 0 saturated carbocycles. The van der Waals surface area contributed by atoms with Crippen molar-refractivity contribution >= 4 is 35.9 Å². The summed E-state index contributed by atoms with van der Waals surface area (Å²) in [6, 6.07) is 31.7. The summed E-state index contributed by atoms with van der Waals surface area (Å²) in [5.74, 6) is 0.815. The number of carbonyl (C=O) groups is 2. The van der Waals surface area contributed by atoms with Gasteiger partial charge in [0, 0.05) is 11.3 Å². The van der Waals surface area contributed by atoms with Gasteiger partial charge >= 0.3 is 7.37 Å². The van der Waals surface area contributed by atoms with E-state index in [2.05, 4.69) is 5.32 Å². The number of ether oxygens (including phenoxy) is 1. The van der Waals surface area contributed by atoms with E-state index in [9.17, 15) is 14.2 Å². The largest absolute Gasteiger partial charge is 0.493 e. The molecule has 0 spiro atoms. The Kier molecular flexibility index (Phi) is 7.76. The molecule has 1 N–H and O–H groups in total. The Labute approximate surface area is 204 Å². The highest BCUT2D eigenvalue weighted by atomic mass is 31.2. The first-order valence-electron chi connectivity index (χ1n) is 11.1. The van der Waals surface area contributed by atoms with Crippen LogP contribution >= 0.6 is 7.37 Å². The minimum atomic E-state index is -3.36. The smallest absolute Gasteiger partial charge is 0.306 e. The quantitative estimate of drug-likeness (QED) is 0.246. The first-order chi connectivity index (χ1) is 17.1. The van der Waals surface area contributed by atoms with E-state index >= 15 is 0 Å². The normalized spacial score (nSPS) is 10.9. The Morgan fingerprint density at radius 3 is 1.83 bits per heavy atom. The number of anilines is 1. The lowest BCUT2D eigenvalue weighted by Gasteiger charge is -2.20. The van der Waals surface area contributed by atoms with Crippen molar-refractivity contribution in [1.29, 1.82) is 0 Å². The van der Waals surface area contributed by atoms with Gasteiger partial charge in [-0.05, 0) is 72.8 Å². The Morgan fingerprint density at radius 2 is 1.29 bits per heavy atom. The molecule has 1 amide bonds. The summed E-state index contributed by atoms with van der Waals surface area (Å²) in [4.78, 5) is 23.0. The minimum Gasteiger partial charge on any atom is -0.493 e. The van der Waals surface area contributed by atoms with Gasteiger partial charge < -0.3 is 14.6 Å². The van der Waals surface area contributed by atoms with Crippen LogP contribution in [0.3, 0.4) is 0 Å². The molecule has 0 unspecified atom stereocenters. The predicted octanol–water partition coefficient (Wildman–Crippen LogP) is 5.21. The molecule has 0 heterocycles. The molecule has 0 aliphatic rings. The molecular formula is C28H24NO5P. The predicted molar refractivity (Wildman–Crippen MR) is 137 cm³/mol. The fourth-order valence-electron chi connectivity index (χ4n) is 3.38. The average molecular weight is 485 g/mol. The van der Waals surface area contributed by atoms with Crippen LogP contribution in [0.25, 0.3) is 0 Å². The van der Waals surface area contributed by atoms with Gasteiger partial charge in [0.05, 0.1) is 23.6 Å². The van der Waals surface area contributed by atoms with E-state index in [0.29, 0.717) is 33.4 Å². The molecule has 6 nitrogen and oxygen atoms in total. The second kappa shape index (κ2) is 11.3. The summed E-state index contributed by atoms with van der Waals surface area (Å²) in [6.45, 7) is 0.199. The summed E-state index contributed by atoms with van der Waals surface area (Å²) in [5, 5.41) is 4.01. The molecule has 0 aliphatic carbocycles. The zero-order chi connectivity index (χ0) is 24.5. The van der Waals surface area contributed by atoms with E-state index < -0.39 is 7.37 Å². The molecular weight excluding hydrogens is 461 g/mol. The average Bonchev–Trinajstić information content (AvgIpc) is 2.91. The highest BCUT2D eigenvalue weighted by Crippen LogP contribution is 2.45. The summed E-state index contributed by atoms with van der Waals surface area (Å²) in [5.41, 5.74) is 1.15. The van der Waals surface area contributed by atoms with Crippen LogP contribution in [0.15, 0.2) is 109 Å². The van der Waals surface area contributed by atoms with Crippen LogP contribution in [0.5, 0.6) is 11.5 Å². The Balaban J connectivity index is 1.37. The Bertz CT molecular complexity index is 1260. The van der Waals surface area contributed by atoms with Crippen LogP contribution in [-0.4, -0.2) is 18.8 Å². The van der Waals surface area contributed by atoms with Gasteiger partial charge in [-0.2, -0.15) is 0 Å². The van der Waals surface area contributed by atoms with Crippen LogP contribution < -0.4 is 25.2 Å². The van der Waals surface area contributed by atoms with Gasteiger partial charge in [-0.3, -0.25) is 14.2 Å². The van der Waals surface area contributed by atoms with Crippen LogP contribution in [0, 0.1) is 0 Å². The number of carbonyl (C=O) groups excluding carboxylic acids is 2. The molecule has 4 aromatic rings. The second-order valence-electron chi connectivity index (χ2n) is 7.67. The van der Waals surface area contributed by atoms with E-state index in [1.165, 1.54) is 0 Å². The van der Waals surface area contributed by atoms with Gasteiger partial charge in [0.25, 0.3) is 0 Å². The Morgan fingerprint density at radius 1 is 0.743 bits per heavy atom. The topological polar surface area (TPSA) is 81.7 Å². The minimum absolute atomic E-state index is 0.158. The second-order valence-corrected chi connectivity index (χ2v) is 9.99. The number of amides is 1.